The summed E-state index contributed by atoms with van der Waals surface area (Å²) in [5, 5.41) is 10.7. The molecule has 2 bridgehead atoms. The largest absolute Gasteiger partial charge is 0.272 e. The fourth-order valence-electron chi connectivity index (χ4n) is 1.53. The highest BCUT2D eigenvalue weighted by molar-refractivity contribution is 5.45. The molecular weight excluding hydrogens is 178 g/mol. The second-order valence-electron chi connectivity index (χ2n) is 3.16. The van der Waals surface area contributed by atoms with Gasteiger partial charge in [0, 0.05) is 18.1 Å². The Hall–Kier alpha value is -1.90. The van der Waals surface area contributed by atoms with Crippen LogP contribution in [-0.2, 0) is 0 Å². The van der Waals surface area contributed by atoms with E-state index in [4.69, 9.17) is 0 Å². The van der Waals surface area contributed by atoms with Crippen LogP contribution >= 0.6 is 0 Å². The van der Waals surface area contributed by atoms with Gasteiger partial charge in [0.15, 0.2) is 0 Å². The van der Waals surface area contributed by atoms with Crippen molar-refractivity contribution in [1.29, 1.82) is 0 Å². The summed E-state index contributed by atoms with van der Waals surface area (Å²) in [6.07, 6.45) is 13.3. The number of nitro groups is 1. The first-order valence-electron chi connectivity index (χ1n) is 4.37. The maximum absolute atomic E-state index is 10.7. The van der Waals surface area contributed by atoms with Crippen LogP contribution in [0.1, 0.15) is 6.42 Å². The lowest BCUT2D eigenvalue weighted by Crippen LogP contribution is -2.01. The van der Waals surface area contributed by atoms with Crippen molar-refractivity contribution < 1.29 is 4.92 Å². The Bertz CT molecular complexity index is 423. The van der Waals surface area contributed by atoms with Crippen LogP contribution in [0.3, 0.4) is 0 Å². The minimum absolute atomic E-state index is 0.191. The van der Waals surface area contributed by atoms with Crippen molar-refractivity contribution in [2.24, 2.45) is 0 Å². The molecule has 0 spiro atoms. The molecule has 0 saturated heterocycles. The maximum Gasteiger partial charge on any atom is 0.272 e. The highest BCUT2D eigenvalue weighted by atomic mass is 16.6. The van der Waals surface area contributed by atoms with Crippen LogP contribution in [0.25, 0.3) is 0 Å². The number of rotatable bonds is 1. The molecule has 70 valence electrons. The summed E-state index contributed by atoms with van der Waals surface area (Å²) in [7, 11) is 0. The van der Waals surface area contributed by atoms with Gasteiger partial charge >= 0.3 is 0 Å². The second-order valence-corrected chi connectivity index (χ2v) is 3.16. The van der Waals surface area contributed by atoms with E-state index >= 15 is 0 Å². The molecule has 0 aromatic rings. The molecule has 0 N–H and O–H groups in total. The standard InChI is InChI=1S/C11H9NO2/c13-12(14)11-7-3-5-9-4-1-2-6-10(11)8-9/h1-7H,8H2. The first-order chi connectivity index (χ1) is 6.77. The lowest BCUT2D eigenvalue weighted by Gasteiger charge is -2.00. The van der Waals surface area contributed by atoms with Crippen LogP contribution in [0.4, 0.5) is 0 Å². The highest BCUT2D eigenvalue weighted by Crippen LogP contribution is 2.25. The topological polar surface area (TPSA) is 43.1 Å². The van der Waals surface area contributed by atoms with Crippen molar-refractivity contribution in [3.63, 3.8) is 0 Å². The summed E-state index contributed by atoms with van der Waals surface area (Å²) in [6, 6.07) is 0. The Labute approximate surface area is 81.6 Å². The Balaban J connectivity index is 2.48. The first-order valence-corrected chi connectivity index (χ1v) is 4.37. The van der Waals surface area contributed by atoms with Crippen LogP contribution in [-0.4, -0.2) is 4.92 Å². The van der Waals surface area contributed by atoms with E-state index < -0.39 is 0 Å². The van der Waals surface area contributed by atoms with Gasteiger partial charge < -0.3 is 0 Å². The van der Waals surface area contributed by atoms with Crippen molar-refractivity contribution in [1.82, 2.24) is 0 Å². The van der Waals surface area contributed by atoms with Crippen molar-refractivity contribution >= 4 is 0 Å². The number of hydrogen-bond acceptors (Lipinski definition) is 2. The molecular formula is C11H9NO2. The molecule has 3 heteroatoms. The highest BCUT2D eigenvalue weighted by Gasteiger charge is 2.19. The monoisotopic (exact) mass is 187 g/mol. The third kappa shape index (κ3) is 1.57. The van der Waals surface area contributed by atoms with Gasteiger partial charge in [-0.2, -0.15) is 0 Å². The van der Waals surface area contributed by atoms with E-state index in [2.05, 4.69) is 0 Å². The zero-order valence-electron chi connectivity index (χ0n) is 7.51. The van der Waals surface area contributed by atoms with Gasteiger partial charge in [-0.05, 0) is 5.57 Å². The lowest BCUT2D eigenvalue weighted by molar-refractivity contribution is -0.420. The van der Waals surface area contributed by atoms with Crippen molar-refractivity contribution in [2.75, 3.05) is 0 Å². The molecule has 0 aliphatic heterocycles. The van der Waals surface area contributed by atoms with Crippen molar-refractivity contribution in [3.05, 3.63) is 69.5 Å². The summed E-state index contributed by atoms with van der Waals surface area (Å²) in [5.74, 6) is 0. The van der Waals surface area contributed by atoms with E-state index in [9.17, 15) is 10.1 Å². The molecule has 0 fully saturated rings. The van der Waals surface area contributed by atoms with E-state index in [0.29, 0.717) is 6.42 Å². The third-order valence-corrected chi connectivity index (χ3v) is 2.20. The second kappa shape index (κ2) is 3.46. The molecule has 14 heavy (non-hydrogen) atoms. The summed E-state index contributed by atoms with van der Waals surface area (Å²) in [5.41, 5.74) is 2.05. The maximum atomic E-state index is 10.7. The number of hydrogen-bond donors (Lipinski definition) is 0. The minimum atomic E-state index is -0.335. The molecule has 0 saturated carbocycles. The molecule has 0 unspecified atom stereocenters. The van der Waals surface area contributed by atoms with E-state index in [0.717, 1.165) is 11.1 Å². The molecule has 2 aliphatic carbocycles. The summed E-state index contributed by atoms with van der Waals surface area (Å²) in [4.78, 5) is 10.4. The molecule has 2 rings (SSSR count). The SMILES string of the molecule is O=[N+]([O-])C1=CC=CC2=CC=CC=C1C2. The fourth-order valence-corrected chi connectivity index (χ4v) is 1.53. The fraction of sp³-hybridized carbons (Fsp3) is 0.0909. The molecule has 0 heterocycles. The van der Waals surface area contributed by atoms with E-state index in [1.165, 1.54) is 0 Å². The van der Waals surface area contributed by atoms with Crippen LogP contribution in [0.5, 0.6) is 0 Å². The van der Waals surface area contributed by atoms with E-state index in [1.807, 2.05) is 24.3 Å². The van der Waals surface area contributed by atoms with Gasteiger partial charge in [-0.25, -0.2) is 0 Å². The molecule has 0 aromatic carbocycles. The molecule has 2 aliphatic rings. The summed E-state index contributed by atoms with van der Waals surface area (Å²) >= 11 is 0. The van der Waals surface area contributed by atoms with Crippen LogP contribution in [0.15, 0.2) is 59.4 Å². The van der Waals surface area contributed by atoms with Gasteiger partial charge in [0.05, 0.1) is 4.92 Å². The molecule has 0 atom stereocenters. The van der Waals surface area contributed by atoms with E-state index in [1.54, 1.807) is 18.2 Å². The lowest BCUT2D eigenvalue weighted by atomic mass is 10.1. The molecule has 0 amide bonds. The van der Waals surface area contributed by atoms with Gasteiger partial charge in [-0.3, -0.25) is 10.1 Å². The van der Waals surface area contributed by atoms with Gasteiger partial charge in [-0.15, -0.1) is 0 Å². The number of nitrogens with zero attached hydrogens (tertiary/aromatic N) is 1. The van der Waals surface area contributed by atoms with Crippen LogP contribution in [0.2, 0.25) is 0 Å². The van der Waals surface area contributed by atoms with Gasteiger partial charge in [0.2, 0.25) is 0 Å². The third-order valence-electron chi connectivity index (χ3n) is 2.20. The predicted octanol–water partition coefficient (Wildman–Crippen LogP) is 2.53. The first kappa shape index (κ1) is 8.69. The van der Waals surface area contributed by atoms with Gasteiger partial charge in [-0.1, -0.05) is 36.5 Å². The van der Waals surface area contributed by atoms with Gasteiger partial charge in [0.1, 0.15) is 0 Å². The molecule has 0 aromatic heterocycles. The average Bonchev–Trinajstić information content (AvgIpc) is 2.48. The van der Waals surface area contributed by atoms with Crippen LogP contribution < -0.4 is 0 Å². The molecule has 3 nitrogen and oxygen atoms in total. The zero-order chi connectivity index (χ0) is 9.97. The zero-order valence-corrected chi connectivity index (χ0v) is 7.51. The minimum Gasteiger partial charge on any atom is -0.258 e. The van der Waals surface area contributed by atoms with Crippen molar-refractivity contribution in [3.8, 4) is 0 Å². The summed E-state index contributed by atoms with van der Waals surface area (Å²) < 4.78 is 0. The van der Waals surface area contributed by atoms with Gasteiger partial charge in [0.25, 0.3) is 5.70 Å². The normalized spacial score (nSPS) is 19.0. The predicted molar refractivity (Wildman–Crippen MR) is 54.1 cm³/mol. The number of fused-ring (bicyclic) bond motifs is 2. The van der Waals surface area contributed by atoms with Crippen molar-refractivity contribution in [2.45, 2.75) is 6.42 Å². The Morgan fingerprint density at radius 2 is 1.93 bits per heavy atom. The molecule has 0 radical (unpaired) electrons. The average molecular weight is 187 g/mol. The smallest absolute Gasteiger partial charge is 0.258 e. The Morgan fingerprint density at radius 3 is 2.71 bits per heavy atom. The Morgan fingerprint density at radius 1 is 1.14 bits per heavy atom. The summed E-state index contributed by atoms with van der Waals surface area (Å²) in [6.45, 7) is 0. The Kier molecular flexibility index (Phi) is 2.14. The number of allylic oxidation sites excluding steroid dienone is 9. The van der Waals surface area contributed by atoms with E-state index in [-0.39, 0.29) is 10.6 Å². The quantitative estimate of drug-likeness (QED) is 0.467. The van der Waals surface area contributed by atoms with Crippen LogP contribution in [0, 0.1) is 10.1 Å².